The normalized spacial score (nSPS) is 15.8. The lowest BCUT2D eigenvalue weighted by molar-refractivity contribution is 0.0946. The van der Waals surface area contributed by atoms with E-state index in [4.69, 9.17) is 0 Å². The van der Waals surface area contributed by atoms with Gasteiger partial charge in [-0.1, -0.05) is 13.3 Å². The molecule has 0 saturated carbocycles. The molecule has 1 aromatic carbocycles. The van der Waals surface area contributed by atoms with Crippen molar-refractivity contribution in [3.63, 3.8) is 0 Å². The maximum Gasteiger partial charge on any atom is 0.251 e. The van der Waals surface area contributed by atoms with Crippen molar-refractivity contribution < 1.29 is 14.0 Å². The standard InChI is InChI=1S/C29H33FN6O2/c1-3-4-20-7-10-35(18-20)12-9-31-29(38)22-5-6-25(30)23(13-22)14-27(37)26-17-32-28-15-21(8-11-36(26)28)24-16-33-34(2)19-24/h5-6,8,11,13,15-17,19-20H,3-4,7,9-10,12,14,18H2,1-2H3,(H,31,38). The second-order valence-electron chi connectivity index (χ2n) is 10.1. The smallest absolute Gasteiger partial charge is 0.251 e. The van der Waals surface area contributed by atoms with E-state index in [0.29, 0.717) is 23.4 Å². The molecule has 38 heavy (non-hydrogen) atoms. The van der Waals surface area contributed by atoms with E-state index in [1.807, 2.05) is 25.4 Å². The number of nitrogens with one attached hydrogen (secondary N) is 1. The maximum atomic E-state index is 14.6. The predicted octanol–water partition coefficient (Wildman–Crippen LogP) is 4.15. The van der Waals surface area contributed by atoms with Crippen molar-refractivity contribution in [1.29, 1.82) is 0 Å². The van der Waals surface area contributed by atoms with Gasteiger partial charge >= 0.3 is 0 Å². The van der Waals surface area contributed by atoms with E-state index in [9.17, 15) is 14.0 Å². The number of rotatable bonds is 10. The number of hydrogen-bond acceptors (Lipinski definition) is 5. The molecule has 1 atom stereocenters. The van der Waals surface area contributed by atoms with Gasteiger partial charge in [-0.25, -0.2) is 9.37 Å². The highest BCUT2D eigenvalue weighted by Crippen LogP contribution is 2.22. The van der Waals surface area contributed by atoms with E-state index in [0.717, 1.165) is 36.7 Å². The number of nitrogens with zero attached hydrogens (tertiary/aromatic N) is 5. The number of halogens is 1. The molecule has 198 valence electrons. The van der Waals surface area contributed by atoms with Crippen molar-refractivity contribution in [3.05, 3.63) is 77.8 Å². The number of ketones is 1. The molecule has 0 bridgehead atoms. The van der Waals surface area contributed by atoms with Crippen LogP contribution in [0.3, 0.4) is 0 Å². The number of aryl methyl sites for hydroxylation is 1. The summed E-state index contributed by atoms with van der Waals surface area (Å²) in [5, 5.41) is 7.13. The van der Waals surface area contributed by atoms with Crippen molar-refractivity contribution in [2.45, 2.75) is 32.6 Å². The van der Waals surface area contributed by atoms with E-state index in [1.54, 1.807) is 21.5 Å². The Bertz CT molecular complexity index is 1460. The van der Waals surface area contributed by atoms with E-state index in [2.05, 4.69) is 27.2 Å². The molecular formula is C29H33FN6O2. The SMILES string of the molecule is CCCC1CCN(CCNC(=O)c2ccc(F)c(CC(=O)c3cnc4cc(-c5cnn(C)c5)ccn34)c2)C1. The lowest BCUT2D eigenvalue weighted by Crippen LogP contribution is -2.34. The minimum atomic E-state index is -0.512. The van der Waals surface area contributed by atoms with Gasteiger partial charge in [-0.3, -0.25) is 18.7 Å². The number of carbonyl (C=O) groups is 2. The lowest BCUT2D eigenvalue weighted by atomic mass is 10.0. The number of aromatic nitrogens is 4. The van der Waals surface area contributed by atoms with Gasteiger partial charge < -0.3 is 10.2 Å². The number of imidazole rings is 1. The summed E-state index contributed by atoms with van der Waals surface area (Å²) in [6, 6.07) is 7.95. The fraction of sp³-hybridized carbons (Fsp3) is 0.379. The second kappa shape index (κ2) is 11.3. The van der Waals surface area contributed by atoms with Crippen LogP contribution in [0, 0.1) is 11.7 Å². The van der Waals surface area contributed by atoms with E-state index in [-0.39, 0.29) is 23.7 Å². The zero-order chi connectivity index (χ0) is 26.6. The van der Waals surface area contributed by atoms with Crippen LogP contribution in [0.15, 0.2) is 55.1 Å². The Hall–Kier alpha value is -3.85. The van der Waals surface area contributed by atoms with Crippen LogP contribution in [-0.2, 0) is 13.5 Å². The predicted molar refractivity (Wildman–Crippen MR) is 144 cm³/mol. The van der Waals surface area contributed by atoms with Crippen molar-refractivity contribution in [2.75, 3.05) is 26.2 Å². The summed E-state index contributed by atoms with van der Waals surface area (Å²) in [7, 11) is 1.85. The highest BCUT2D eigenvalue weighted by atomic mass is 19.1. The molecule has 1 unspecified atom stereocenters. The third-order valence-corrected chi connectivity index (χ3v) is 7.28. The van der Waals surface area contributed by atoms with Gasteiger partial charge in [0.05, 0.1) is 12.4 Å². The van der Waals surface area contributed by atoms with Crippen LogP contribution in [0.25, 0.3) is 16.8 Å². The number of benzene rings is 1. The van der Waals surface area contributed by atoms with Crippen LogP contribution in [0.4, 0.5) is 4.39 Å². The molecule has 1 aliphatic heterocycles. The number of hydrogen-bond donors (Lipinski definition) is 1. The average Bonchev–Trinajstić information content (AvgIpc) is 3.65. The molecule has 4 heterocycles. The van der Waals surface area contributed by atoms with E-state index in [1.165, 1.54) is 43.7 Å². The first-order valence-corrected chi connectivity index (χ1v) is 13.2. The van der Waals surface area contributed by atoms with Gasteiger partial charge in [-0.2, -0.15) is 5.10 Å². The molecule has 1 amide bonds. The van der Waals surface area contributed by atoms with E-state index < -0.39 is 5.82 Å². The summed E-state index contributed by atoms with van der Waals surface area (Å²) in [6.45, 7) is 5.70. The molecule has 4 aromatic rings. The van der Waals surface area contributed by atoms with Crippen molar-refractivity contribution in [2.24, 2.45) is 13.0 Å². The number of fused-ring (bicyclic) bond motifs is 1. The molecule has 0 spiro atoms. The lowest BCUT2D eigenvalue weighted by Gasteiger charge is -2.16. The molecule has 5 rings (SSSR count). The first-order valence-electron chi connectivity index (χ1n) is 13.2. The molecule has 1 aliphatic rings. The quantitative estimate of drug-likeness (QED) is 0.320. The molecule has 0 aliphatic carbocycles. The minimum Gasteiger partial charge on any atom is -0.351 e. The number of likely N-dealkylation sites (tertiary alicyclic amines) is 1. The van der Waals surface area contributed by atoms with Gasteiger partial charge in [0.1, 0.15) is 17.2 Å². The number of amides is 1. The summed E-state index contributed by atoms with van der Waals surface area (Å²) >= 11 is 0. The molecule has 1 fully saturated rings. The topological polar surface area (TPSA) is 84.5 Å². The Morgan fingerprint density at radius 1 is 1.16 bits per heavy atom. The maximum absolute atomic E-state index is 14.6. The summed E-state index contributed by atoms with van der Waals surface area (Å²) in [5.74, 6) is -0.301. The number of pyridine rings is 1. The summed E-state index contributed by atoms with van der Waals surface area (Å²) < 4.78 is 18.0. The molecule has 0 radical (unpaired) electrons. The van der Waals surface area contributed by atoms with Gasteiger partial charge in [0.25, 0.3) is 5.91 Å². The Kier molecular flexibility index (Phi) is 7.64. The first kappa shape index (κ1) is 25.8. The number of carbonyl (C=O) groups excluding carboxylic acids is 2. The van der Waals surface area contributed by atoms with Gasteiger partial charge in [0.15, 0.2) is 5.78 Å². The molecule has 1 saturated heterocycles. The second-order valence-corrected chi connectivity index (χ2v) is 10.1. The third kappa shape index (κ3) is 5.67. The molecule has 9 heteroatoms. The molecule has 3 aromatic heterocycles. The molecule has 8 nitrogen and oxygen atoms in total. The Balaban J connectivity index is 1.22. The Labute approximate surface area is 221 Å². The summed E-state index contributed by atoms with van der Waals surface area (Å²) in [6.07, 6.45) is 10.5. The third-order valence-electron chi connectivity index (χ3n) is 7.28. The zero-order valence-corrected chi connectivity index (χ0v) is 21.9. The van der Waals surface area contributed by atoms with Gasteiger partial charge in [0, 0.05) is 56.6 Å². The van der Waals surface area contributed by atoms with Crippen molar-refractivity contribution in [3.8, 4) is 11.1 Å². The monoisotopic (exact) mass is 516 g/mol. The van der Waals surface area contributed by atoms with E-state index >= 15 is 0 Å². The highest BCUT2D eigenvalue weighted by Gasteiger charge is 2.21. The zero-order valence-electron chi connectivity index (χ0n) is 21.9. The van der Waals surface area contributed by atoms with Crippen molar-refractivity contribution in [1.82, 2.24) is 29.4 Å². The Morgan fingerprint density at radius 2 is 2.03 bits per heavy atom. The van der Waals surface area contributed by atoms with Crippen LogP contribution in [0.5, 0.6) is 0 Å². The van der Waals surface area contributed by atoms with Gasteiger partial charge in [0.2, 0.25) is 0 Å². The van der Waals surface area contributed by atoms with Gasteiger partial charge in [-0.15, -0.1) is 0 Å². The van der Waals surface area contributed by atoms with Crippen LogP contribution in [0.1, 0.15) is 52.6 Å². The fourth-order valence-electron chi connectivity index (χ4n) is 5.24. The largest absolute Gasteiger partial charge is 0.351 e. The highest BCUT2D eigenvalue weighted by molar-refractivity contribution is 5.98. The van der Waals surface area contributed by atoms with Crippen LogP contribution < -0.4 is 5.32 Å². The number of Topliss-reactive ketones (excluding diaryl/α,β-unsaturated/α-hetero) is 1. The van der Waals surface area contributed by atoms with Crippen LogP contribution in [-0.4, -0.2) is 61.9 Å². The fourth-order valence-corrected chi connectivity index (χ4v) is 5.24. The molecule has 1 N–H and O–H groups in total. The van der Waals surface area contributed by atoms with Crippen LogP contribution >= 0.6 is 0 Å². The summed E-state index contributed by atoms with van der Waals surface area (Å²) in [4.78, 5) is 32.6. The first-order chi connectivity index (χ1) is 18.4. The average molecular weight is 517 g/mol. The Morgan fingerprint density at radius 3 is 2.82 bits per heavy atom. The minimum absolute atomic E-state index is 0.169. The summed E-state index contributed by atoms with van der Waals surface area (Å²) in [5.41, 5.74) is 3.39. The van der Waals surface area contributed by atoms with Crippen molar-refractivity contribution >= 4 is 17.3 Å². The van der Waals surface area contributed by atoms with Gasteiger partial charge in [-0.05, 0) is 66.8 Å². The molecular weight excluding hydrogens is 483 g/mol. The van der Waals surface area contributed by atoms with Crippen LogP contribution in [0.2, 0.25) is 0 Å².